The zero-order chi connectivity index (χ0) is 20.2. The Morgan fingerprint density at radius 2 is 2.07 bits per heavy atom. The first-order valence-corrected chi connectivity index (χ1v) is 10.5. The maximum Gasteiger partial charge on any atom is 0.220 e. The first kappa shape index (κ1) is 20.0. The van der Waals surface area contributed by atoms with E-state index < -0.39 is 11.6 Å². The Balaban J connectivity index is 1.20. The zero-order valence-electron chi connectivity index (χ0n) is 16.6. The smallest absolute Gasteiger partial charge is 0.220 e. The highest BCUT2D eigenvalue weighted by molar-refractivity contribution is 5.75. The molecular formula is C22H28F2N4O. The largest absolute Gasteiger partial charge is 0.352 e. The molecule has 1 aromatic heterocycles. The van der Waals surface area contributed by atoms with Crippen LogP contribution >= 0.6 is 0 Å². The van der Waals surface area contributed by atoms with Crippen molar-refractivity contribution in [3.8, 4) is 0 Å². The van der Waals surface area contributed by atoms with Gasteiger partial charge in [0.15, 0.2) is 11.6 Å². The van der Waals surface area contributed by atoms with Gasteiger partial charge < -0.3 is 9.88 Å². The number of benzene rings is 1. The number of carbonyl (C=O) groups is 1. The highest BCUT2D eigenvalue weighted by Crippen LogP contribution is 2.36. The average molecular weight is 402 g/mol. The molecule has 4 rings (SSSR count). The highest BCUT2D eigenvalue weighted by Gasteiger charge is 2.27. The number of nitrogens with one attached hydrogen (secondary N) is 1. The maximum absolute atomic E-state index is 13.2. The molecule has 2 aromatic rings. The molecular weight excluding hydrogens is 374 g/mol. The number of hydrogen-bond donors (Lipinski definition) is 1. The monoisotopic (exact) mass is 402 g/mol. The minimum atomic E-state index is -0.887. The van der Waals surface area contributed by atoms with Crippen LogP contribution in [0.4, 0.5) is 8.78 Å². The lowest BCUT2D eigenvalue weighted by molar-refractivity contribution is -0.121. The van der Waals surface area contributed by atoms with Crippen LogP contribution in [0.15, 0.2) is 30.7 Å². The third kappa shape index (κ3) is 5.41. The molecule has 2 aliphatic rings. The molecule has 1 aliphatic heterocycles. The predicted octanol–water partition coefficient (Wildman–Crippen LogP) is 3.80. The second-order valence-electron chi connectivity index (χ2n) is 8.33. The van der Waals surface area contributed by atoms with E-state index in [9.17, 15) is 13.6 Å². The van der Waals surface area contributed by atoms with Gasteiger partial charge in [0.1, 0.15) is 0 Å². The molecule has 0 bridgehead atoms. The van der Waals surface area contributed by atoms with E-state index in [4.69, 9.17) is 0 Å². The van der Waals surface area contributed by atoms with Crippen molar-refractivity contribution in [3.63, 3.8) is 0 Å². The fourth-order valence-corrected chi connectivity index (χ4v) is 4.17. The van der Waals surface area contributed by atoms with Gasteiger partial charge in [-0.05, 0) is 62.3 Å². The first-order chi connectivity index (χ1) is 14.1. The molecule has 0 radical (unpaired) electrons. The van der Waals surface area contributed by atoms with Gasteiger partial charge in [-0.1, -0.05) is 6.07 Å². The van der Waals surface area contributed by atoms with E-state index in [2.05, 4.69) is 19.8 Å². The van der Waals surface area contributed by atoms with Crippen LogP contribution in [-0.2, 0) is 17.9 Å². The van der Waals surface area contributed by atoms with E-state index in [0.29, 0.717) is 23.9 Å². The van der Waals surface area contributed by atoms with Crippen LogP contribution in [0, 0.1) is 17.6 Å². The molecule has 2 fully saturated rings. The summed E-state index contributed by atoms with van der Waals surface area (Å²) in [6.07, 6.45) is 10.1. The Kier molecular flexibility index (Phi) is 6.23. The highest BCUT2D eigenvalue weighted by atomic mass is 19.2. The molecule has 29 heavy (non-hydrogen) atoms. The van der Waals surface area contributed by atoms with Gasteiger partial charge in [-0.3, -0.25) is 9.69 Å². The standard InChI is InChI=1S/C22H28F2N4O/c23-20-7-3-17(10-21(20)24)11-26-22(29)8-4-16-2-1-9-27(13-16)14-19-12-25-15-28(19)18-5-6-18/h3,7,10,12,15-16,18H,1-2,4-6,8-9,11,13-14H2,(H,26,29)/t16-/m1/s1. The van der Waals surface area contributed by atoms with Crippen LogP contribution < -0.4 is 5.32 Å². The average Bonchev–Trinajstić information content (AvgIpc) is 3.46. The number of aromatic nitrogens is 2. The Morgan fingerprint density at radius 3 is 2.86 bits per heavy atom. The number of carbonyl (C=O) groups excluding carboxylic acids is 1. The molecule has 7 heteroatoms. The fourth-order valence-electron chi connectivity index (χ4n) is 4.17. The summed E-state index contributed by atoms with van der Waals surface area (Å²) in [5.74, 6) is -1.29. The lowest BCUT2D eigenvalue weighted by atomic mass is 9.93. The second-order valence-corrected chi connectivity index (χ2v) is 8.33. The number of piperidine rings is 1. The van der Waals surface area contributed by atoms with Crippen LogP contribution in [0.2, 0.25) is 0 Å². The van der Waals surface area contributed by atoms with Crippen molar-refractivity contribution < 1.29 is 13.6 Å². The lowest BCUT2D eigenvalue weighted by Gasteiger charge is -2.32. The molecule has 1 atom stereocenters. The van der Waals surface area contributed by atoms with Crippen LogP contribution in [0.5, 0.6) is 0 Å². The SMILES string of the molecule is O=C(CC[C@H]1CCCN(Cc2cncn2C2CC2)C1)NCc1ccc(F)c(F)c1. The number of halogens is 2. The van der Waals surface area contributed by atoms with E-state index in [1.54, 1.807) is 0 Å². The van der Waals surface area contributed by atoms with Gasteiger partial charge in [-0.25, -0.2) is 13.8 Å². The van der Waals surface area contributed by atoms with Crippen molar-refractivity contribution in [2.24, 2.45) is 5.92 Å². The van der Waals surface area contributed by atoms with E-state index in [-0.39, 0.29) is 12.5 Å². The summed E-state index contributed by atoms with van der Waals surface area (Å²) in [7, 11) is 0. The van der Waals surface area contributed by atoms with Crippen molar-refractivity contribution in [1.82, 2.24) is 19.8 Å². The third-order valence-corrected chi connectivity index (χ3v) is 5.93. The van der Waals surface area contributed by atoms with Crippen LogP contribution in [0.1, 0.15) is 55.8 Å². The topological polar surface area (TPSA) is 50.2 Å². The van der Waals surface area contributed by atoms with Gasteiger partial charge in [0.25, 0.3) is 0 Å². The van der Waals surface area contributed by atoms with Crippen molar-refractivity contribution in [2.45, 2.75) is 57.7 Å². The molecule has 156 valence electrons. The van der Waals surface area contributed by atoms with Crippen LogP contribution in [0.3, 0.4) is 0 Å². The summed E-state index contributed by atoms with van der Waals surface area (Å²) < 4.78 is 28.5. The second kappa shape index (κ2) is 9.03. The first-order valence-electron chi connectivity index (χ1n) is 10.5. The van der Waals surface area contributed by atoms with Gasteiger partial charge in [-0.2, -0.15) is 0 Å². The van der Waals surface area contributed by atoms with E-state index in [0.717, 1.165) is 51.0 Å². The molecule has 1 saturated carbocycles. The van der Waals surface area contributed by atoms with Crippen molar-refractivity contribution in [1.29, 1.82) is 0 Å². The number of amides is 1. The zero-order valence-corrected chi connectivity index (χ0v) is 16.6. The summed E-state index contributed by atoms with van der Waals surface area (Å²) in [5.41, 5.74) is 1.85. The molecule has 2 heterocycles. The maximum atomic E-state index is 13.2. The predicted molar refractivity (Wildman–Crippen MR) is 106 cm³/mol. The van der Waals surface area contributed by atoms with Crippen molar-refractivity contribution >= 4 is 5.91 Å². The minimum Gasteiger partial charge on any atom is -0.352 e. The van der Waals surface area contributed by atoms with Crippen molar-refractivity contribution in [3.05, 3.63) is 53.6 Å². The summed E-state index contributed by atoms with van der Waals surface area (Å²) in [6, 6.07) is 4.35. The Bertz CT molecular complexity index is 849. The molecule has 1 saturated heterocycles. The number of imidazole rings is 1. The normalized spacial score (nSPS) is 20.0. The van der Waals surface area contributed by atoms with Crippen LogP contribution in [0.25, 0.3) is 0 Å². The van der Waals surface area contributed by atoms with E-state index in [1.807, 2.05) is 12.5 Å². The molecule has 5 nitrogen and oxygen atoms in total. The van der Waals surface area contributed by atoms with E-state index >= 15 is 0 Å². The van der Waals surface area contributed by atoms with Gasteiger partial charge >= 0.3 is 0 Å². The Hall–Kier alpha value is -2.28. The Labute approximate surface area is 170 Å². The van der Waals surface area contributed by atoms with Gasteiger partial charge in [0.2, 0.25) is 5.91 Å². The number of rotatable bonds is 8. The summed E-state index contributed by atoms with van der Waals surface area (Å²) in [4.78, 5) is 19.0. The molecule has 1 aromatic carbocycles. The molecule has 1 amide bonds. The van der Waals surface area contributed by atoms with Crippen molar-refractivity contribution in [2.75, 3.05) is 13.1 Å². The quantitative estimate of drug-likeness (QED) is 0.731. The summed E-state index contributed by atoms with van der Waals surface area (Å²) in [6.45, 7) is 3.24. The summed E-state index contributed by atoms with van der Waals surface area (Å²) in [5, 5.41) is 2.81. The van der Waals surface area contributed by atoms with Gasteiger partial charge in [0.05, 0.1) is 12.0 Å². The fraction of sp³-hybridized carbons (Fsp3) is 0.545. The minimum absolute atomic E-state index is 0.0429. The van der Waals surface area contributed by atoms with Crippen LogP contribution in [-0.4, -0.2) is 33.4 Å². The molecule has 0 unspecified atom stereocenters. The number of nitrogens with zero attached hydrogens (tertiary/aromatic N) is 3. The van der Waals surface area contributed by atoms with E-state index in [1.165, 1.54) is 24.6 Å². The molecule has 0 spiro atoms. The third-order valence-electron chi connectivity index (χ3n) is 5.93. The summed E-state index contributed by atoms with van der Waals surface area (Å²) >= 11 is 0. The van der Waals surface area contributed by atoms with Gasteiger partial charge in [0, 0.05) is 38.3 Å². The number of likely N-dealkylation sites (tertiary alicyclic amines) is 1. The lowest BCUT2D eigenvalue weighted by Crippen LogP contribution is -2.36. The van der Waals surface area contributed by atoms with Gasteiger partial charge in [-0.15, -0.1) is 0 Å². The Morgan fingerprint density at radius 1 is 1.21 bits per heavy atom. The molecule has 1 N–H and O–H groups in total. The number of hydrogen-bond acceptors (Lipinski definition) is 3. The molecule has 1 aliphatic carbocycles.